The number of carbonyl (C=O) groups excluding carboxylic acids is 1. The van der Waals surface area contributed by atoms with Gasteiger partial charge in [-0.05, 0) is 24.3 Å². The van der Waals surface area contributed by atoms with Crippen LogP contribution in [0.4, 0.5) is 5.69 Å². The smallest absolute Gasteiger partial charge is 0.170 e. The lowest BCUT2D eigenvalue weighted by Crippen LogP contribution is -2.38. The van der Waals surface area contributed by atoms with Gasteiger partial charge in [0, 0.05) is 44.5 Å². The average molecular weight is 406 g/mol. The molecule has 0 spiro atoms. The molecule has 1 aliphatic heterocycles. The van der Waals surface area contributed by atoms with Crippen LogP contribution in [-0.2, 0) is 4.74 Å². The van der Waals surface area contributed by atoms with Crippen LogP contribution in [-0.4, -0.2) is 50.8 Å². The van der Waals surface area contributed by atoms with Crippen LogP contribution in [0.25, 0.3) is 10.9 Å². The maximum absolute atomic E-state index is 11.6. The van der Waals surface area contributed by atoms with Gasteiger partial charge in [0.05, 0.1) is 17.8 Å². The van der Waals surface area contributed by atoms with E-state index in [2.05, 4.69) is 16.0 Å². The summed E-state index contributed by atoms with van der Waals surface area (Å²) in [6, 6.07) is 17.7. The number of hydrogen-bond acceptors (Lipinski definition) is 6. The number of aldehydes is 1. The van der Waals surface area contributed by atoms with Crippen molar-refractivity contribution in [3.05, 3.63) is 60.3 Å². The molecule has 0 amide bonds. The van der Waals surface area contributed by atoms with Crippen molar-refractivity contribution >= 4 is 22.9 Å². The SMILES string of the molecule is COCCOc1cccc(OC2CCN(c3cc4ccccc4nc3C=O)CC2)c1. The van der Waals surface area contributed by atoms with Crippen molar-refractivity contribution in [3.8, 4) is 11.5 Å². The minimum atomic E-state index is 0.128. The number of rotatable bonds is 8. The zero-order valence-corrected chi connectivity index (χ0v) is 17.1. The van der Waals surface area contributed by atoms with Gasteiger partial charge in [-0.25, -0.2) is 4.98 Å². The number of nitrogens with zero attached hydrogens (tertiary/aromatic N) is 2. The van der Waals surface area contributed by atoms with E-state index in [1.54, 1.807) is 7.11 Å². The van der Waals surface area contributed by atoms with Crippen molar-refractivity contribution in [1.29, 1.82) is 0 Å². The van der Waals surface area contributed by atoms with Crippen molar-refractivity contribution in [3.63, 3.8) is 0 Å². The molecule has 4 rings (SSSR count). The maximum atomic E-state index is 11.6. The molecule has 0 radical (unpaired) electrons. The molecule has 0 N–H and O–H groups in total. The van der Waals surface area contributed by atoms with Gasteiger partial charge in [0.25, 0.3) is 0 Å². The van der Waals surface area contributed by atoms with Crippen LogP contribution in [0.2, 0.25) is 0 Å². The lowest BCUT2D eigenvalue weighted by molar-refractivity contribution is 0.111. The minimum Gasteiger partial charge on any atom is -0.491 e. The van der Waals surface area contributed by atoms with Gasteiger partial charge in [0.1, 0.15) is 29.9 Å². The Bertz CT molecular complexity index is 999. The third kappa shape index (κ3) is 4.71. The summed E-state index contributed by atoms with van der Waals surface area (Å²) in [6.45, 7) is 2.69. The quantitative estimate of drug-likeness (QED) is 0.414. The molecular formula is C24H26N2O4. The fraction of sp³-hybridized carbons (Fsp3) is 0.333. The maximum Gasteiger partial charge on any atom is 0.170 e. The topological polar surface area (TPSA) is 60.9 Å². The first-order valence-corrected chi connectivity index (χ1v) is 10.2. The number of para-hydroxylation sites is 1. The Morgan fingerprint density at radius 3 is 2.63 bits per heavy atom. The molecule has 0 aliphatic carbocycles. The fourth-order valence-electron chi connectivity index (χ4n) is 3.75. The monoisotopic (exact) mass is 406 g/mol. The van der Waals surface area contributed by atoms with Crippen LogP contribution < -0.4 is 14.4 Å². The van der Waals surface area contributed by atoms with E-state index in [4.69, 9.17) is 14.2 Å². The van der Waals surface area contributed by atoms with Crippen molar-refractivity contribution in [2.75, 3.05) is 38.3 Å². The Kier molecular flexibility index (Phi) is 6.44. The second-order valence-corrected chi connectivity index (χ2v) is 7.32. The standard InChI is InChI=1S/C24H26N2O4/c1-28-13-14-29-20-6-4-7-21(16-20)30-19-9-11-26(12-10-19)24-15-18-5-2-3-8-22(18)25-23(24)17-27/h2-8,15-17,19H,9-14H2,1H3. The first-order valence-electron chi connectivity index (χ1n) is 10.2. The fourth-order valence-corrected chi connectivity index (χ4v) is 3.75. The highest BCUT2D eigenvalue weighted by atomic mass is 16.5. The normalized spacial score (nSPS) is 14.6. The Labute approximate surface area is 176 Å². The minimum absolute atomic E-state index is 0.128. The molecule has 1 aliphatic rings. The lowest BCUT2D eigenvalue weighted by Gasteiger charge is -2.34. The van der Waals surface area contributed by atoms with Gasteiger partial charge < -0.3 is 19.1 Å². The number of hydrogen-bond donors (Lipinski definition) is 0. The summed E-state index contributed by atoms with van der Waals surface area (Å²) in [4.78, 5) is 18.4. The van der Waals surface area contributed by atoms with E-state index in [1.165, 1.54) is 0 Å². The molecule has 1 fully saturated rings. The first kappa shape index (κ1) is 20.2. The highest BCUT2D eigenvalue weighted by molar-refractivity contribution is 5.91. The van der Waals surface area contributed by atoms with Crippen LogP contribution in [0.3, 0.4) is 0 Å². The molecular weight excluding hydrogens is 380 g/mol. The molecule has 0 bridgehead atoms. The molecule has 156 valence electrons. The molecule has 1 aromatic heterocycles. The van der Waals surface area contributed by atoms with E-state index >= 15 is 0 Å². The molecule has 2 aromatic carbocycles. The summed E-state index contributed by atoms with van der Waals surface area (Å²) in [5.74, 6) is 1.59. The van der Waals surface area contributed by atoms with Gasteiger partial charge in [0.2, 0.25) is 0 Å². The second kappa shape index (κ2) is 9.59. The van der Waals surface area contributed by atoms with E-state index in [0.717, 1.165) is 60.3 Å². The van der Waals surface area contributed by atoms with Gasteiger partial charge in [0.15, 0.2) is 6.29 Å². The number of piperidine rings is 1. The number of methoxy groups -OCH3 is 1. The molecule has 1 saturated heterocycles. The number of benzene rings is 2. The van der Waals surface area contributed by atoms with Crippen molar-refractivity contribution in [2.24, 2.45) is 0 Å². The van der Waals surface area contributed by atoms with E-state index in [-0.39, 0.29) is 6.10 Å². The second-order valence-electron chi connectivity index (χ2n) is 7.32. The van der Waals surface area contributed by atoms with Crippen molar-refractivity contribution < 1.29 is 19.0 Å². The van der Waals surface area contributed by atoms with Crippen molar-refractivity contribution in [1.82, 2.24) is 4.98 Å². The Morgan fingerprint density at radius 2 is 1.83 bits per heavy atom. The molecule has 6 heteroatoms. The highest BCUT2D eigenvalue weighted by Crippen LogP contribution is 2.28. The van der Waals surface area contributed by atoms with E-state index in [1.807, 2.05) is 48.5 Å². The molecule has 2 heterocycles. The number of carbonyl (C=O) groups is 1. The third-order valence-electron chi connectivity index (χ3n) is 5.29. The van der Waals surface area contributed by atoms with Crippen LogP contribution in [0, 0.1) is 0 Å². The Hall–Kier alpha value is -3.12. The zero-order chi connectivity index (χ0) is 20.8. The molecule has 30 heavy (non-hydrogen) atoms. The number of aromatic nitrogens is 1. The van der Waals surface area contributed by atoms with Crippen LogP contribution >= 0.6 is 0 Å². The van der Waals surface area contributed by atoms with Gasteiger partial charge in [-0.1, -0.05) is 24.3 Å². The summed E-state index contributed by atoms with van der Waals surface area (Å²) in [5.41, 5.74) is 2.24. The molecule has 0 unspecified atom stereocenters. The largest absolute Gasteiger partial charge is 0.491 e. The van der Waals surface area contributed by atoms with Gasteiger partial charge in [-0.15, -0.1) is 0 Å². The van der Waals surface area contributed by atoms with Gasteiger partial charge in [-0.3, -0.25) is 4.79 Å². The molecule has 3 aromatic rings. The number of pyridine rings is 1. The Morgan fingerprint density at radius 1 is 1.03 bits per heavy atom. The predicted octanol–water partition coefficient (Wildman–Crippen LogP) is 4.12. The summed E-state index contributed by atoms with van der Waals surface area (Å²) < 4.78 is 16.9. The third-order valence-corrected chi connectivity index (χ3v) is 5.29. The van der Waals surface area contributed by atoms with Crippen LogP contribution in [0.5, 0.6) is 11.5 Å². The lowest BCUT2D eigenvalue weighted by atomic mass is 10.1. The molecule has 0 saturated carbocycles. The van der Waals surface area contributed by atoms with Crippen LogP contribution in [0.1, 0.15) is 23.3 Å². The average Bonchev–Trinajstić information content (AvgIpc) is 2.79. The highest BCUT2D eigenvalue weighted by Gasteiger charge is 2.23. The van der Waals surface area contributed by atoms with Crippen molar-refractivity contribution in [2.45, 2.75) is 18.9 Å². The predicted molar refractivity (Wildman–Crippen MR) is 117 cm³/mol. The molecule has 6 nitrogen and oxygen atoms in total. The summed E-state index contributed by atoms with van der Waals surface area (Å²) in [7, 11) is 1.65. The number of ether oxygens (including phenoxy) is 3. The van der Waals surface area contributed by atoms with Gasteiger partial charge in [-0.2, -0.15) is 0 Å². The first-order chi connectivity index (χ1) is 14.8. The Balaban J connectivity index is 1.39. The van der Waals surface area contributed by atoms with Crippen LogP contribution in [0.15, 0.2) is 54.6 Å². The zero-order valence-electron chi connectivity index (χ0n) is 17.1. The molecule has 0 atom stereocenters. The summed E-state index contributed by atoms with van der Waals surface area (Å²) >= 11 is 0. The van der Waals surface area contributed by atoms with E-state index < -0.39 is 0 Å². The summed E-state index contributed by atoms with van der Waals surface area (Å²) in [6.07, 6.45) is 2.72. The van der Waals surface area contributed by atoms with E-state index in [9.17, 15) is 4.79 Å². The van der Waals surface area contributed by atoms with E-state index in [0.29, 0.717) is 18.9 Å². The number of anilines is 1. The summed E-state index contributed by atoms with van der Waals surface area (Å²) in [5, 5.41) is 1.04. The van der Waals surface area contributed by atoms with Gasteiger partial charge >= 0.3 is 0 Å². The number of fused-ring (bicyclic) bond motifs is 1.